The van der Waals surface area contributed by atoms with Crippen molar-refractivity contribution in [2.45, 2.75) is 18.9 Å². The lowest BCUT2D eigenvalue weighted by Gasteiger charge is -2.13. The van der Waals surface area contributed by atoms with E-state index in [2.05, 4.69) is 17.5 Å². The first-order valence-electron chi connectivity index (χ1n) is 7.65. The molecule has 3 heteroatoms. The molecule has 2 aromatic rings. The molecular formula is C19H21NO2. The van der Waals surface area contributed by atoms with Gasteiger partial charge in [0, 0.05) is 6.42 Å². The summed E-state index contributed by atoms with van der Waals surface area (Å²) < 4.78 is 0. The fourth-order valence-corrected chi connectivity index (χ4v) is 3.09. The normalized spacial score (nSPS) is 18.6. The summed E-state index contributed by atoms with van der Waals surface area (Å²) in [5, 5.41) is 23.5. The molecule has 1 aliphatic rings. The number of aliphatic hydroxyl groups excluding tert-OH is 1. The zero-order chi connectivity index (χ0) is 15.5. The third-order valence-electron chi connectivity index (χ3n) is 4.15. The summed E-state index contributed by atoms with van der Waals surface area (Å²) in [6, 6.07) is 13.4. The van der Waals surface area contributed by atoms with Crippen LogP contribution < -0.4 is 5.32 Å². The number of phenols is 1. The van der Waals surface area contributed by atoms with Crippen molar-refractivity contribution in [1.82, 2.24) is 5.32 Å². The molecule has 22 heavy (non-hydrogen) atoms. The van der Waals surface area contributed by atoms with Crippen molar-refractivity contribution >= 4 is 5.57 Å². The molecule has 0 heterocycles. The molecule has 0 amide bonds. The summed E-state index contributed by atoms with van der Waals surface area (Å²) in [7, 11) is 1.94. The van der Waals surface area contributed by atoms with Crippen molar-refractivity contribution in [2.75, 3.05) is 13.6 Å². The van der Waals surface area contributed by atoms with E-state index in [4.69, 9.17) is 0 Å². The first-order chi connectivity index (χ1) is 10.7. The molecule has 1 unspecified atom stereocenters. The molecule has 0 saturated heterocycles. The van der Waals surface area contributed by atoms with Crippen LogP contribution in [0, 0.1) is 0 Å². The Balaban J connectivity index is 2.18. The molecule has 0 aromatic heterocycles. The second-order valence-corrected chi connectivity index (χ2v) is 5.66. The second kappa shape index (κ2) is 6.34. The maximum atomic E-state index is 10.5. The Bertz CT molecular complexity index is 706. The molecular weight excluding hydrogens is 274 g/mol. The summed E-state index contributed by atoms with van der Waals surface area (Å²) in [6.07, 6.45) is 3.09. The van der Waals surface area contributed by atoms with E-state index in [1.165, 1.54) is 0 Å². The molecule has 2 aromatic carbocycles. The van der Waals surface area contributed by atoms with Crippen LogP contribution >= 0.6 is 0 Å². The predicted molar refractivity (Wildman–Crippen MR) is 88.8 cm³/mol. The van der Waals surface area contributed by atoms with Gasteiger partial charge < -0.3 is 15.5 Å². The van der Waals surface area contributed by atoms with E-state index < -0.39 is 6.10 Å². The lowest BCUT2D eigenvalue weighted by Crippen LogP contribution is -2.06. The molecule has 0 aliphatic heterocycles. The van der Waals surface area contributed by atoms with Gasteiger partial charge in [0.15, 0.2) is 0 Å². The van der Waals surface area contributed by atoms with Crippen LogP contribution in [0.4, 0.5) is 0 Å². The van der Waals surface area contributed by atoms with Gasteiger partial charge in [-0.25, -0.2) is 0 Å². The molecule has 3 nitrogen and oxygen atoms in total. The average Bonchev–Trinajstić information content (AvgIpc) is 2.63. The molecule has 3 N–H and O–H groups in total. The number of fused-ring (bicyclic) bond motifs is 2. The van der Waals surface area contributed by atoms with Crippen molar-refractivity contribution in [1.29, 1.82) is 0 Å². The zero-order valence-corrected chi connectivity index (χ0v) is 12.7. The van der Waals surface area contributed by atoms with E-state index in [0.29, 0.717) is 6.42 Å². The van der Waals surface area contributed by atoms with Crippen LogP contribution in [0.3, 0.4) is 0 Å². The molecule has 0 fully saturated rings. The molecule has 1 atom stereocenters. The van der Waals surface area contributed by atoms with Crippen LogP contribution in [-0.2, 0) is 6.42 Å². The summed E-state index contributed by atoms with van der Waals surface area (Å²) in [5.74, 6) is 0.242. The third kappa shape index (κ3) is 2.78. The minimum atomic E-state index is -0.549. The minimum absolute atomic E-state index is 0.242. The lowest BCUT2D eigenvalue weighted by molar-refractivity contribution is 0.178. The van der Waals surface area contributed by atoms with Crippen LogP contribution in [-0.4, -0.2) is 23.8 Å². The molecule has 0 spiro atoms. The highest BCUT2D eigenvalue weighted by molar-refractivity contribution is 5.84. The number of aromatic hydroxyl groups is 1. The van der Waals surface area contributed by atoms with Crippen molar-refractivity contribution in [3.8, 4) is 5.75 Å². The van der Waals surface area contributed by atoms with E-state index in [0.717, 1.165) is 40.8 Å². The monoisotopic (exact) mass is 295 g/mol. The number of phenolic OH excluding ortho intramolecular Hbond substituents is 1. The van der Waals surface area contributed by atoms with Gasteiger partial charge in [-0.3, -0.25) is 0 Å². The van der Waals surface area contributed by atoms with Gasteiger partial charge in [-0.2, -0.15) is 0 Å². The fraction of sp³-hybridized carbons (Fsp3) is 0.263. The van der Waals surface area contributed by atoms with E-state index in [9.17, 15) is 10.2 Å². The Morgan fingerprint density at radius 2 is 2.00 bits per heavy atom. The van der Waals surface area contributed by atoms with E-state index in [-0.39, 0.29) is 5.75 Å². The first-order valence-corrected chi connectivity index (χ1v) is 7.65. The van der Waals surface area contributed by atoms with Crippen molar-refractivity contribution in [2.24, 2.45) is 0 Å². The van der Waals surface area contributed by atoms with Gasteiger partial charge in [-0.1, -0.05) is 36.4 Å². The number of nitrogens with one attached hydrogen (secondary N) is 1. The average molecular weight is 295 g/mol. The van der Waals surface area contributed by atoms with Gasteiger partial charge in [-0.15, -0.1) is 0 Å². The predicted octanol–water partition coefficient (Wildman–Crippen LogP) is 3.02. The molecule has 0 bridgehead atoms. The Morgan fingerprint density at radius 3 is 2.82 bits per heavy atom. The highest BCUT2D eigenvalue weighted by Gasteiger charge is 2.23. The van der Waals surface area contributed by atoms with Gasteiger partial charge in [0.2, 0.25) is 0 Å². The standard InChI is InChI=1S/C19H21NO2/c1-20-10-4-7-16-15-9-8-14(21)11-13(15)12-19(22)18-6-3-2-5-17(16)18/h2-3,5-9,11,19-22H,4,10,12H2,1H3/b16-7-. The van der Waals surface area contributed by atoms with Crippen LogP contribution in [0.2, 0.25) is 0 Å². The minimum Gasteiger partial charge on any atom is -0.508 e. The number of hydrogen-bond donors (Lipinski definition) is 3. The van der Waals surface area contributed by atoms with E-state index in [1.54, 1.807) is 12.1 Å². The Morgan fingerprint density at radius 1 is 1.18 bits per heavy atom. The third-order valence-corrected chi connectivity index (χ3v) is 4.15. The maximum Gasteiger partial charge on any atom is 0.115 e. The van der Waals surface area contributed by atoms with E-state index in [1.807, 2.05) is 31.3 Å². The van der Waals surface area contributed by atoms with Gasteiger partial charge in [0.1, 0.15) is 5.75 Å². The molecule has 0 saturated carbocycles. The Hall–Kier alpha value is -2.10. The van der Waals surface area contributed by atoms with Gasteiger partial charge in [-0.05, 0) is 60.0 Å². The van der Waals surface area contributed by atoms with Crippen LogP contribution in [0.15, 0.2) is 48.5 Å². The smallest absolute Gasteiger partial charge is 0.115 e. The number of aliphatic hydroxyl groups is 1. The number of rotatable bonds is 3. The molecule has 114 valence electrons. The quantitative estimate of drug-likeness (QED) is 0.763. The van der Waals surface area contributed by atoms with Crippen LogP contribution in [0.5, 0.6) is 5.75 Å². The fourth-order valence-electron chi connectivity index (χ4n) is 3.09. The SMILES string of the molecule is CNCC/C=C1/c2ccc(O)cc2CC(O)c2ccccc21. The van der Waals surface area contributed by atoms with Crippen LogP contribution in [0.1, 0.15) is 34.8 Å². The Labute approximate surface area is 130 Å². The summed E-state index contributed by atoms with van der Waals surface area (Å²) in [5.41, 5.74) is 5.25. The topological polar surface area (TPSA) is 52.5 Å². The second-order valence-electron chi connectivity index (χ2n) is 5.66. The zero-order valence-electron chi connectivity index (χ0n) is 12.7. The largest absolute Gasteiger partial charge is 0.508 e. The molecule has 3 rings (SSSR count). The van der Waals surface area contributed by atoms with Gasteiger partial charge in [0.25, 0.3) is 0 Å². The van der Waals surface area contributed by atoms with Crippen molar-refractivity contribution in [3.63, 3.8) is 0 Å². The van der Waals surface area contributed by atoms with Crippen molar-refractivity contribution < 1.29 is 10.2 Å². The first kappa shape index (κ1) is 14.8. The number of benzene rings is 2. The summed E-state index contributed by atoms with van der Waals surface area (Å²) in [4.78, 5) is 0. The Kier molecular flexibility index (Phi) is 4.27. The lowest BCUT2D eigenvalue weighted by atomic mass is 9.93. The number of hydrogen-bond acceptors (Lipinski definition) is 3. The van der Waals surface area contributed by atoms with Crippen molar-refractivity contribution in [3.05, 3.63) is 70.8 Å². The van der Waals surface area contributed by atoms with Crippen LogP contribution in [0.25, 0.3) is 5.57 Å². The van der Waals surface area contributed by atoms with Gasteiger partial charge in [0.05, 0.1) is 6.10 Å². The highest BCUT2D eigenvalue weighted by Crippen LogP contribution is 2.38. The highest BCUT2D eigenvalue weighted by atomic mass is 16.3. The maximum absolute atomic E-state index is 10.5. The molecule has 1 aliphatic carbocycles. The van der Waals surface area contributed by atoms with E-state index >= 15 is 0 Å². The summed E-state index contributed by atoms with van der Waals surface area (Å²) in [6.45, 7) is 0.904. The van der Waals surface area contributed by atoms with Gasteiger partial charge >= 0.3 is 0 Å². The molecule has 0 radical (unpaired) electrons. The summed E-state index contributed by atoms with van der Waals surface area (Å²) >= 11 is 0.